The third kappa shape index (κ3) is 5.93. The second-order valence-electron chi connectivity index (χ2n) is 5.70. The lowest BCUT2D eigenvalue weighted by Crippen LogP contribution is -2.44. The molecule has 1 rings (SSSR count). The molecular weight excluding hydrogens is 354 g/mol. The molecule has 0 aliphatic rings. The van der Waals surface area contributed by atoms with E-state index in [1.54, 1.807) is 39.0 Å². The van der Waals surface area contributed by atoms with Crippen molar-refractivity contribution in [2.24, 2.45) is 0 Å². The minimum absolute atomic E-state index is 0.0883. The van der Waals surface area contributed by atoms with Crippen molar-refractivity contribution in [3.63, 3.8) is 0 Å². The standard InChI is InChI=1S/C15H20BrNO5/c1-15(2,3)22-14(20)17-11(13(18)19)7-9-5-6-10(16)8-12(9)21-4/h5-6,8,11H,7H2,1-4H3,(H,17,20)(H,18,19)/t11-/m0/s1. The fourth-order valence-electron chi connectivity index (χ4n) is 1.76. The third-order valence-corrected chi connectivity index (χ3v) is 3.16. The third-order valence-electron chi connectivity index (χ3n) is 2.66. The Morgan fingerprint density at radius 2 is 2.00 bits per heavy atom. The summed E-state index contributed by atoms with van der Waals surface area (Å²) in [6.45, 7) is 5.13. The Balaban J connectivity index is 2.85. The Morgan fingerprint density at radius 3 is 2.50 bits per heavy atom. The van der Waals surface area contributed by atoms with Crippen molar-refractivity contribution in [2.75, 3.05) is 7.11 Å². The number of hydrogen-bond acceptors (Lipinski definition) is 4. The van der Waals surface area contributed by atoms with Crippen LogP contribution in [0, 0.1) is 0 Å². The smallest absolute Gasteiger partial charge is 0.408 e. The van der Waals surface area contributed by atoms with Crippen LogP contribution in [0.2, 0.25) is 0 Å². The molecule has 1 atom stereocenters. The number of methoxy groups -OCH3 is 1. The molecule has 122 valence electrons. The number of carboxylic acids is 1. The first-order valence-electron chi connectivity index (χ1n) is 6.67. The van der Waals surface area contributed by atoms with E-state index in [4.69, 9.17) is 9.47 Å². The summed E-state index contributed by atoms with van der Waals surface area (Å²) in [6.07, 6.45) is -0.679. The molecule has 1 aromatic rings. The van der Waals surface area contributed by atoms with Crippen LogP contribution in [0.25, 0.3) is 0 Å². The minimum atomic E-state index is -1.14. The van der Waals surface area contributed by atoms with Gasteiger partial charge in [0.2, 0.25) is 0 Å². The van der Waals surface area contributed by atoms with Crippen molar-refractivity contribution in [2.45, 2.75) is 38.8 Å². The number of carbonyl (C=O) groups is 2. The maximum absolute atomic E-state index is 11.7. The van der Waals surface area contributed by atoms with Crippen molar-refractivity contribution < 1.29 is 24.2 Å². The summed E-state index contributed by atoms with van der Waals surface area (Å²) in [4.78, 5) is 23.1. The van der Waals surface area contributed by atoms with E-state index >= 15 is 0 Å². The van der Waals surface area contributed by atoms with Gasteiger partial charge in [-0.1, -0.05) is 22.0 Å². The highest BCUT2D eigenvalue weighted by molar-refractivity contribution is 9.10. The van der Waals surface area contributed by atoms with Gasteiger partial charge < -0.3 is 19.9 Å². The van der Waals surface area contributed by atoms with Crippen LogP contribution in [-0.2, 0) is 16.0 Å². The second-order valence-corrected chi connectivity index (χ2v) is 6.61. The number of carbonyl (C=O) groups excluding carboxylic acids is 1. The molecule has 22 heavy (non-hydrogen) atoms. The summed E-state index contributed by atoms with van der Waals surface area (Å²) < 4.78 is 11.1. The van der Waals surface area contributed by atoms with E-state index in [9.17, 15) is 14.7 Å². The number of ether oxygens (including phenoxy) is 2. The average Bonchev–Trinajstić information content (AvgIpc) is 2.37. The van der Waals surface area contributed by atoms with Crippen LogP contribution in [0.15, 0.2) is 22.7 Å². The van der Waals surface area contributed by atoms with Crippen molar-refractivity contribution in [3.05, 3.63) is 28.2 Å². The van der Waals surface area contributed by atoms with Crippen LogP contribution >= 0.6 is 15.9 Å². The zero-order valence-corrected chi connectivity index (χ0v) is 14.6. The molecule has 0 saturated carbocycles. The zero-order valence-electron chi connectivity index (χ0n) is 13.0. The first kappa shape index (κ1) is 18.3. The van der Waals surface area contributed by atoms with Gasteiger partial charge in [-0.3, -0.25) is 0 Å². The highest BCUT2D eigenvalue weighted by Gasteiger charge is 2.25. The number of benzene rings is 1. The predicted octanol–water partition coefficient (Wildman–Crippen LogP) is 2.98. The molecule has 0 heterocycles. The largest absolute Gasteiger partial charge is 0.496 e. The molecule has 0 bridgehead atoms. The molecule has 0 saturated heterocycles. The highest BCUT2D eigenvalue weighted by atomic mass is 79.9. The van der Waals surface area contributed by atoms with E-state index in [-0.39, 0.29) is 6.42 Å². The summed E-state index contributed by atoms with van der Waals surface area (Å²) in [5.41, 5.74) is -0.0169. The fraction of sp³-hybridized carbons (Fsp3) is 0.467. The topological polar surface area (TPSA) is 84.9 Å². The molecule has 6 nitrogen and oxygen atoms in total. The number of hydrogen-bond donors (Lipinski definition) is 2. The summed E-state index contributed by atoms with van der Waals surface area (Å²) in [5, 5.41) is 11.6. The van der Waals surface area contributed by atoms with Gasteiger partial charge in [-0.25, -0.2) is 9.59 Å². The number of amides is 1. The number of halogens is 1. The van der Waals surface area contributed by atoms with Crippen molar-refractivity contribution in [1.29, 1.82) is 0 Å². The number of rotatable bonds is 5. The van der Waals surface area contributed by atoms with E-state index in [0.29, 0.717) is 11.3 Å². The lowest BCUT2D eigenvalue weighted by molar-refractivity contribution is -0.139. The Morgan fingerprint density at radius 1 is 1.36 bits per heavy atom. The van der Waals surface area contributed by atoms with Crippen LogP contribution in [0.4, 0.5) is 4.79 Å². The molecule has 0 unspecified atom stereocenters. The minimum Gasteiger partial charge on any atom is -0.496 e. The van der Waals surface area contributed by atoms with Crippen LogP contribution < -0.4 is 10.1 Å². The summed E-state index contributed by atoms with van der Waals surface area (Å²) in [6, 6.07) is 4.16. The molecule has 0 fully saturated rings. The normalized spacial score (nSPS) is 12.4. The summed E-state index contributed by atoms with van der Waals surface area (Å²) in [7, 11) is 1.50. The zero-order chi connectivity index (χ0) is 16.9. The monoisotopic (exact) mass is 373 g/mol. The molecule has 0 aliphatic carbocycles. The Bertz CT molecular complexity index is 553. The Hall–Kier alpha value is -1.76. The van der Waals surface area contributed by atoms with E-state index in [2.05, 4.69) is 21.2 Å². The average molecular weight is 374 g/mol. The Kier molecular flexibility index (Phi) is 6.22. The van der Waals surface area contributed by atoms with Gasteiger partial charge >= 0.3 is 12.1 Å². The van der Waals surface area contributed by atoms with Gasteiger partial charge in [-0.15, -0.1) is 0 Å². The van der Waals surface area contributed by atoms with E-state index in [1.807, 2.05) is 0 Å². The predicted molar refractivity (Wildman–Crippen MR) is 85.2 cm³/mol. The highest BCUT2D eigenvalue weighted by Crippen LogP contribution is 2.24. The van der Waals surface area contributed by atoms with Crippen molar-refractivity contribution in [1.82, 2.24) is 5.32 Å². The maximum Gasteiger partial charge on any atom is 0.408 e. The molecule has 1 aromatic carbocycles. The van der Waals surface area contributed by atoms with Crippen LogP contribution in [-0.4, -0.2) is 35.9 Å². The van der Waals surface area contributed by atoms with Crippen molar-refractivity contribution in [3.8, 4) is 5.75 Å². The summed E-state index contributed by atoms with van der Waals surface area (Å²) in [5.74, 6) is -0.595. The van der Waals surface area contributed by atoms with Crippen LogP contribution in [0.3, 0.4) is 0 Å². The van der Waals surface area contributed by atoms with Gasteiger partial charge in [0.25, 0.3) is 0 Å². The molecule has 7 heteroatoms. The van der Waals surface area contributed by atoms with E-state index in [1.165, 1.54) is 7.11 Å². The van der Waals surface area contributed by atoms with Crippen molar-refractivity contribution >= 4 is 28.0 Å². The quantitative estimate of drug-likeness (QED) is 0.828. The molecule has 0 radical (unpaired) electrons. The Labute approximate surface area is 137 Å². The number of alkyl carbamates (subject to hydrolysis) is 1. The molecule has 0 aromatic heterocycles. The van der Waals surface area contributed by atoms with Gasteiger partial charge in [-0.05, 0) is 38.5 Å². The first-order chi connectivity index (χ1) is 10.1. The van der Waals surface area contributed by atoms with E-state index in [0.717, 1.165) is 4.47 Å². The lowest BCUT2D eigenvalue weighted by atomic mass is 10.1. The first-order valence-corrected chi connectivity index (χ1v) is 7.46. The van der Waals surface area contributed by atoms with Gasteiger partial charge in [0, 0.05) is 10.9 Å². The van der Waals surface area contributed by atoms with Gasteiger partial charge in [0.1, 0.15) is 17.4 Å². The summed E-state index contributed by atoms with van der Waals surface area (Å²) >= 11 is 3.32. The van der Waals surface area contributed by atoms with Gasteiger partial charge in [-0.2, -0.15) is 0 Å². The molecular formula is C15H20BrNO5. The maximum atomic E-state index is 11.7. The molecule has 0 aliphatic heterocycles. The molecule has 2 N–H and O–H groups in total. The number of nitrogens with one attached hydrogen (secondary N) is 1. The molecule has 0 spiro atoms. The SMILES string of the molecule is COc1cc(Br)ccc1C[C@H](NC(=O)OC(C)(C)C)C(=O)O. The fourth-order valence-corrected chi connectivity index (χ4v) is 2.10. The van der Waals surface area contributed by atoms with E-state index < -0.39 is 23.7 Å². The number of aliphatic carboxylic acids is 1. The van der Waals surface area contributed by atoms with Gasteiger partial charge in [0.15, 0.2) is 0 Å². The van der Waals surface area contributed by atoms with Crippen LogP contribution in [0.1, 0.15) is 26.3 Å². The molecule has 1 amide bonds. The second kappa shape index (κ2) is 7.49. The van der Waals surface area contributed by atoms with Gasteiger partial charge in [0.05, 0.1) is 7.11 Å². The number of carboxylic acid groups (broad SMARTS) is 1. The van der Waals surface area contributed by atoms with Crippen LogP contribution in [0.5, 0.6) is 5.75 Å². The lowest BCUT2D eigenvalue weighted by Gasteiger charge is -2.22.